The smallest absolute Gasteiger partial charge is 0.113 e. The SMILES string of the molecule is COc1cc(-c2[c-]cc(F)cc2F)nc(C(C)(C)N2[CH-]N(c3[c-]cccc3)CC2)c1.[Pt]. The Bertz CT molecular complexity index is 1050. The Morgan fingerprint density at radius 3 is 2.61 bits per heavy atom. The van der Waals surface area contributed by atoms with E-state index in [4.69, 9.17) is 9.72 Å². The first-order chi connectivity index (χ1) is 14.4. The first-order valence-corrected chi connectivity index (χ1v) is 9.67. The summed E-state index contributed by atoms with van der Waals surface area (Å²) in [7, 11) is 1.55. The van der Waals surface area contributed by atoms with Crippen molar-refractivity contribution in [2.45, 2.75) is 19.4 Å². The van der Waals surface area contributed by atoms with Crippen LogP contribution in [0.1, 0.15) is 19.5 Å². The van der Waals surface area contributed by atoms with E-state index in [0.717, 1.165) is 30.9 Å². The maximum atomic E-state index is 14.4. The maximum absolute atomic E-state index is 14.4. The molecule has 1 aliphatic rings. The molecule has 0 bridgehead atoms. The number of ether oxygens (including phenoxy) is 1. The second kappa shape index (κ2) is 9.45. The fourth-order valence-electron chi connectivity index (χ4n) is 3.52. The molecule has 3 aromatic rings. The normalized spacial score (nSPS) is 14.4. The zero-order valence-corrected chi connectivity index (χ0v) is 19.7. The predicted molar refractivity (Wildman–Crippen MR) is 112 cm³/mol. The van der Waals surface area contributed by atoms with E-state index < -0.39 is 17.2 Å². The summed E-state index contributed by atoms with van der Waals surface area (Å²) in [5.41, 5.74) is 1.67. The van der Waals surface area contributed by atoms with Crippen molar-refractivity contribution >= 4 is 5.69 Å². The number of pyridine rings is 1. The molecule has 1 saturated heterocycles. The topological polar surface area (TPSA) is 28.6 Å². The van der Waals surface area contributed by atoms with E-state index in [-0.39, 0.29) is 26.6 Å². The molecule has 2 heterocycles. The van der Waals surface area contributed by atoms with Crippen LogP contribution in [0.3, 0.4) is 0 Å². The van der Waals surface area contributed by atoms with Crippen LogP contribution in [0.4, 0.5) is 14.5 Å². The number of nitrogens with zero attached hydrogens (tertiary/aromatic N) is 3. The number of hydrogen-bond acceptors (Lipinski definition) is 4. The van der Waals surface area contributed by atoms with Gasteiger partial charge in [0.1, 0.15) is 5.75 Å². The number of halogens is 2. The fourth-order valence-corrected chi connectivity index (χ4v) is 3.52. The van der Waals surface area contributed by atoms with Crippen LogP contribution in [0.5, 0.6) is 5.75 Å². The molecule has 4 rings (SSSR count). The Morgan fingerprint density at radius 2 is 1.94 bits per heavy atom. The predicted octanol–water partition coefficient (Wildman–Crippen LogP) is 4.81. The van der Waals surface area contributed by atoms with Crippen LogP contribution in [0.2, 0.25) is 0 Å². The Kier molecular flexibility index (Phi) is 7.13. The quantitative estimate of drug-likeness (QED) is 0.393. The van der Waals surface area contributed by atoms with Crippen LogP contribution in [0, 0.1) is 30.4 Å². The van der Waals surface area contributed by atoms with Gasteiger partial charge in [0.05, 0.1) is 12.8 Å². The van der Waals surface area contributed by atoms with Gasteiger partial charge in [-0.1, -0.05) is 11.6 Å². The van der Waals surface area contributed by atoms with Crippen molar-refractivity contribution in [3.05, 3.63) is 84.7 Å². The number of anilines is 1. The average molecular weight is 602 g/mol. The van der Waals surface area contributed by atoms with Crippen molar-refractivity contribution in [1.29, 1.82) is 0 Å². The zero-order chi connectivity index (χ0) is 21.3. The zero-order valence-electron chi connectivity index (χ0n) is 17.4. The van der Waals surface area contributed by atoms with E-state index in [2.05, 4.69) is 42.4 Å². The summed E-state index contributed by atoms with van der Waals surface area (Å²) in [4.78, 5) is 9.01. The molecule has 1 aliphatic heterocycles. The van der Waals surface area contributed by atoms with E-state index in [1.54, 1.807) is 13.2 Å². The molecule has 0 spiro atoms. The average Bonchev–Trinajstić information content (AvgIpc) is 3.25. The third-order valence-electron chi connectivity index (χ3n) is 5.36. The van der Waals surface area contributed by atoms with Crippen LogP contribution >= 0.6 is 0 Å². The second-order valence-corrected chi connectivity index (χ2v) is 7.63. The fraction of sp³-hybridized carbons (Fsp3) is 0.250. The van der Waals surface area contributed by atoms with Crippen LogP contribution in [-0.2, 0) is 26.6 Å². The molecule has 31 heavy (non-hydrogen) atoms. The number of benzene rings is 2. The Labute approximate surface area is 196 Å². The van der Waals surface area contributed by atoms with Crippen LogP contribution < -0.4 is 9.64 Å². The van der Waals surface area contributed by atoms with Crippen LogP contribution in [0.25, 0.3) is 11.3 Å². The molecule has 0 aliphatic carbocycles. The number of para-hydroxylation sites is 1. The molecule has 7 heteroatoms. The number of aromatic nitrogens is 1. The number of rotatable bonds is 5. The third kappa shape index (κ3) is 4.81. The third-order valence-corrected chi connectivity index (χ3v) is 5.36. The molecule has 1 fully saturated rings. The van der Waals surface area contributed by atoms with Crippen molar-refractivity contribution in [3.63, 3.8) is 0 Å². The molecule has 0 N–H and O–H groups in total. The second-order valence-electron chi connectivity index (χ2n) is 7.63. The van der Waals surface area contributed by atoms with Gasteiger partial charge >= 0.3 is 0 Å². The number of hydrogen-bond donors (Lipinski definition) is 0. The summed E-state index contributed by atoms with van der Waals surface area (Å²) >= 11 is 0. The molecule has 0 radical (unpaired) electrons. The Morgan fingerprint density at radius 1 is 1.13 bits per heavy atom. The van der Waals surface area contributed by atoms with Crippen molar-refractivity contribution in [1.82, 2.24) is 9.88 Å². The maximum Gasteiger partial charge on any atom is 0.113 e. The van der Waals surface area contributed by atoms with Gasteiger partial charge in [-0.15, -0.1) is 17.8 Å². The van der Waals surface area contributed by atoms with Gasteiger partial charge in [0.15, 0.2) is 0 Å². The van der Waals surface area contributed by atoms with Crippen molar-refractivity contribution in [2.24, 2.45) is 0 Å². The summed E-state index contributed by atoms with van der Waals surface area (Å²) in [5.74, 6) is -0.838. The van der Waals surface area contributed by atoms with Gasteiger partial charge in [-0.3, -0.25) is 13.8 Å². The van der Waals surface area contributed by atoms with Gasteiger partial charge in [0.25, 0.3) is 0 Å². The standard InChI is InChI=1S/C24H22F2N3O.Pt/c1-24(2,29-12-11-28(16-29)18-7-5-4-6-8-18)23-15-19(30-3)14-22(27-23)20-10-9-17(25)13-21(20)26;/h4-7,9,13-16H,11-12H2,1-3H3;/q-3;. The van der Waals surface area contributed by atoms with E-state index in [9.17, 15) is 8.78 Å². The minimum Gasteiger partial charge on any atom is -0.528 e. The molecular weight excluding hydrogens is 579 g/mol. The molecule has 4 nitrogen and oxygen atoms in total. The summed E-state index contributed by atoms with van der Waals surface area (Å²) in [6.07, 6.45) is 0. The van der Waals surface area contributed by atoms with E-state index in [1.807, 2.05) is 30.3 Å². The van der Waals surface area contributed by atoms with E-state index >= 15 is 0 Å². The molecule has 0 unspecified atom stereocenters. The van der Waals surface area contributed by atoms with E-state index in [1.165, 1.54) is 0 Å². The van der Waals surface area contributed by atoms with Crippen molar-refractivity contribution < 1.29 is 34.6 Å². The minimum absolute atomic E-state index is 0. The largest absolute Gasteiger partial charge is 0.528 e. The molecule has 0 amide bonds. The molecule has 166 valence electrons. The van der Waals surface area contributed by atoms with Crippen molar-refractivity contribution in [3.8, 4) is 17.0 Å². The van der Waals surface area contributed by atoms with Crippen molar-refractivity contribution in [2.75, 3.05) is 25.1 Å². The van der Waals surface area contributed by atoms with Crippen LogP contribution in [-0.4, -0.2) is 30.1 Å². The summed E-state index contributed by atoms with van der Waals surface area (Å²) in [6, 6.07) is 19.1. The molecule has 0 atom stereocenters. The van der Waals surface area contributed by atoms with E-state index in [0.29, 0.717) is 17.1 Å². The molecular formula is C24H22F2N3OPt-3. The first-order valence-electron chi connectivity index (χ1n) is 9.67. The van der Waals surface area contributed by atoms with Crippen LogP contribution in [0.15, 0.2) is 48.5 Å². The summed E-state index contributed by atoms with van der Waals surface area (Å²) in [5, 5.41) is 0. The number of methoxy groups -OCH3 is 1. The van der Waals surface area contributed by atoms with Gasteiger partial charge < -0.3 is 14.5 Å². The van der Waals surface area contributed by atoms with Gasteiger partial charge in [-0.25, -0.2) is 0 Å². The Hall–Kier alpha value is -2.30. The van der Waals surface area contributed by atoms with Gasteiger partial charge in [0, 0.05) is 44.3 Å². The molecule has 1 aromatic heterocycles. The molecule has 2 aromatic carbocycles. The molecule has 0 saturated carbocycles. The minimum atomic E-state index is -0.710. The summed E-state index contributed by atoms with van der Waals surface area (Å²) < 4.78 is 33.1. The summed E-state index contributed by atoms with van der Waals surface area (Å²) in [6.45, 7) is 7.77. The first kappa shape index (κ1) is 23.4. The Balaban J connectivity index is 0.00000272. The monoisotopic (exact) mass is 601 g/mol. The van der Waals surface area contributed by atoms with Gasteiger partial charge in [-0.2, -0.15) is 37.0 Å². The van der Waals surface area contributed by atoms with Gasteiger partial charge in [0.2, 0.25) is 0 Å². The van der Waals surface area contributed by atoms with Gasteiger partial charge in [-0.05, 0) is 38.7 Å².